The zero-order valence-corrected chi connectivity index (χ0v) is 12.0. The van der Waals surface area contributed by atoms with E-state index in [0.717, 1.165) is 5.56 Å². The molecule has 0 spiro atoms. The van der Waals surface area contributed by atoms with Crippen LogP contribution >= 0.6 is 0 Å². The van der Waals surface area contributed by atoms with E-state index in [2.05, 4.69) is 0 Å². The van der Waals surface area contributed by atoms with Crippen molar-refractivity contribution < 1.29 is 14.6 Å². The highest BCUT2D eigenvalue weighted by molar-refractivity contribution is 5.56. The van der Waals surface area contributed by atoms with Crippen LogP contribution in [-0.2, 0) is 6.54 Å². The normalized spacial score (nSPS) is 12.2. The van der Waals surface area contributed by atoms with Gasteiger partial charge in [0, 0.05) is 18.7 Å². The van der Waals surface area contributed by atoms with Crippen molar-refractivity contribution in [2.24, 2.45) is 0 Å². The molecule has 0 saturated carbocycles. The van der Waals surface area contributed by atoms with Gasteiger partial charge in [-0.05, 0) is 18.6 Å². The van der Waals surface area contributed by atoms with Gasteiger partial charge in [-0.15, -0.1) is 0 Å². The zero-order chi connectivity index (χ0) is 15.2. The number of rotatable bonds is 6. The van der Waals surface area contributed by atoms with Gasteiger partial charge in [-0.1, -0.05) is 42.5 Å². The van der Waals surface area contributed by atoms with Crippen LogP contribution in [0.2, 0.25) is 0 Å². The van der Waals surface area contributed by atoms with Crippen LogP contribution in [0.4, 0.5) is 10.1 Å². The van der Waals surface area contributed by atoms with Gasteiger partial charge in [0.2, 0.25) is 0 Å². The van der Waals surface area contributed by atoms with Crippen LogP contribution in [0.25, 0.3) is 0 Å². The molecule has 0 amide bonds. The number of aliphatic hydroxyl groups is 2. The number of aliphatic hydroxyl groups excluding tert-OH is 2. The van der Waals surface area contributed by atoms with E-state index in [9.17, 15) is 14.6 Å². The first-order chi connectivity index (χ1) is 10.1. The predicted molar refractivity (Wildman–Crippen MR) is 81.6 cm³/mol. The van der Waals surface area contributed by atoms with Crippen LogP contribution in [0, 0.1) is 5.82 Å². The van der Waals surface area contributed by atoms with Crippen LogP contribution in [0.5, 0.6) is 0 Å². The molecule has 2 aromatic carbocycles. The highest BCUT2D eigenvalue weighted by atomic mass is 19.1. The molecule has 112 valence electrons. The van der Waals surface area contributed by atoms with Crippen LogP contribution in [0.1, 0.15) is 24.2 Å². The molecule has 0 fully saturated rings. The summed E-state index contributed by atoms with van der Waals surface area (Å²) in [5, 5.41) is 19.1. The number of halogens is 1. The van der Waals surface area contributed by atoms with Crippen LogP contribution in [0.3, 0.4) is 0 Å². The van der Waals surface area contributed by atoms with Crippen LogP contribution in [-0.4, -0.2) is 23.4 Å². The molecule has 2 N–H and O–H groups in total. The predicted octanol–water partition coefficient (Wildman–Crippen LogP) is 2.88. The number of benzene rings is 2. The molecule has 0 bridgehead atoms. The van der Waals surface area contributed by atoms with Gasteiger partial charge >= 0.3 is 0 Å². The number of nitrogens with zero attached hydrogens (tertiary/aromatic N) is 1. The molecule has 4 heteroatoms. The first-order valence-corrected chi connectivity index (χ1v) is 6.99. The van der Waals surface area contributed by atoms with Gasteiger partial charge in [-0.2, -0.15) is 0 Å². The minimum Gasteiger partial charge on any atom is -0.395 e. The lowest BCUT2D eigenvalue weighted by Crippen LogP contribution is -2.28. The second kappa shape index (κ2) is 7.20. The van der Waals surface area contributed by atoms with Gasteiger partial charge in [-0.3, -0.25) is 0 Å². The second-order valence-corrected chi connectivity index (χ2v) is 4.98. The molecule has 0 radical (unpaired) electrons. The lowest BCUT2D eigenvalue weighted by atomic mass is 10.1. The molecule has 3 nitrogen and oxygen atoms in total. The molecular weight excluding hydrogens is 269 g/mol. The largest absolute Gasteiger partial charge is 0.395 e. The van der Waals surface area contributed by atoms with E-state index in [-0.39, 0.29) is 6.61 Å². The summed E-state index contributed by atoms with van der Waals surface area (Å²) >= 11 is 0. The Morgan fingerprint density at radius 1 is 1.10 bits per heavy atom. The smallest absolute Gasteiger partial charge is 0.146 e. The van der Waals surface area contributed by atoms with E-state index in [0.29, 0.717) is 24.3 Å². The number of hydrogen-bond acceptors (Lipinski definition) is 3. The fourth-order valence-electron chi connectivity index (χ4n) is 2.40. The van der Waals surface area contributed by atoms with E-state index in [1.165, 1.54) is 6.07 Å². The Kier molecular flexibility index (Phi) is 5.31. The molecule has 21 heavy (non-hydrogen) atoms. The zero-order valence-electron chi connectivity index (χ0n) is 12.0. The standard InChI is InChI=1S/C17H20FNO2/c1-13(21)15-8-5-9-16(18)17(15)19(10-11-20)12-14-6-3-2-4-7-14/h2-9,13,20-21H,10-12H2,1H3/t13-/m0/s1. The lowest BCUT2D eigenvalue weighted by molar-refractivity contribution is 0.199. The highest BCUT2D eigenvalue weighted by Gasteiger charge is 2.18. The molecule has 0 aliphatic heterocycles. The van der Waals surface area contributed by atoms with Crippen molar-refractivity contribution in [3.8, 4) is 0 Å². The second-order valence-electron chi connectivity index (χ2n) is 4.98. The fraction of sp³-hybridized carbons (Fsp3) is 0.294. The summed E-state index contributed by atoms with van der Waals surface area (Å²) in [6.07, 6.45) is -0.771. The maximum absolute atomic E-state index is 14.3. The highest BCUT2D eigenvalue weighted by Crippen LogP contribution is 2.30. The van der Waals surface area contributed by atoms with Crippen molar-refractivity contribution in [3.05, 3.63) is 65.5 Å². The topological polar surface area (TPSA) is 43.7 Å². The summed E-state index contributed by atoms with van der Waals surface area (Å²) < 4.78 is 14.3. The van der Waals surface area contributed by atoms with E-state index in [1.54, 1.807) is 24.0 Å². The summed E-state index contributed by atoms with van der Waals surface area (Å²) in [4.78, 5) is 1.76. The summed E-state index contributed by atoms with van der Waals surface area (Å²) in [6.45, 7) is 2.30. The van der Waals surface area contributed by atoms with Gasteiger partial charge < -0.3 is 15.1 Å². The SMILES string of the molecule is C[C@H](O)c1cccc(F)c1N(CCO)Cc1ccccc1. The summed E-state index contributed by atoms with van der Waals surface area (Å²) in [6, 6.07) is 14.3. The minimum absolute atomic E-state index is 0.0829. The van der Waals surface area contributed by atoms with Crippen molar-refractivity contribution in [3.63, 3.8) is 0 Å². The summed E-state index contributed by atoms with van der Waals surface area (Å²) in [5.74, 6) is -0.391. The Bertz CT molecular complexity index is 572. The molecular formula is C17H20FNO2. The average molecular weight is 289 g/mol. The molecule has 2 aromatic rings. The quantitative estimate of drug-likeness (QED) is 0.859. The summed E-state index contributed by atoms with van der Waals surface area (Å²) in [7, 11) is 0. The van der Waals surface area contributed by atoms with Crippen molar-refractivity contribution in [1.29, 1.82) is 0 Å². The Morgan fingerprint density at radius 2 is 1.81 bits per heavy atom. The monoisotopic (exact) mass is 289 g/mol. The number of para-hydroxylation sites is 1. The van der Waals surface area contributed by atoms with E-state index in [1.807, 2.05) is 30.3 Å². The Balaban J connectivity index is 2.38. The van der Waals surface area contributed by atoms with Gasteiger partial charge in [0.15, 0.2) is 0 Å². The van der Waals surface area contributed by atoms with E-state index in [4.69, 9.17) is 0 Å². The molecule has 2 rings (SSSR count). The third-order valence-electron chi connectivity index (χ3n) is 3.37. The fourth-order valence-corrected chi connectivity index (χ4v) is 2.40. The van der Waals surface area contributed by atoms with E-state index < -0.39 is 11.9 Å². The van der Waals surface area contributed by atoms with Crippen molar-refractivity contribution >= 4 is 5.69 Å². The first-order valence-electron chi connectivity index (χ1n) is 6.99. The van der Waals surface area contributed by atoms with E-state index >= 15 is 0 Å². The molecule has 0 aromatic heterocycles. The lowest BCUT2D eigenvalue weighted by Gasteiger charge is -2.28. The van der Waals surface area contributed by atoms with Crippen LogP contribution < -0.4 is 4.90 Å². The Hall–Kier alpha value is -1.91. The first kappa shape index (κ1) is 15.5. The number of anilines is 1. The number of hydrogen-bond donors (Lipinski definition) is 2. The van der Waals surface area contributed by atoms with Crippen molar-refractivity contribution in [1.82, 2.24) is 0 Å². The molecule has 0 saturated heterocycles. The maximum Gasteiger partial charge on any atom is 0.146 e. The van der Waals surface area contributed by atoms with Crippen molar-refractivity contribution in [2.75, 3.05) is 18.1 Å². The van der Waals surface area contributed by atoms with Gasteiger partial charge in [0.25, 0.3) is 0 Å². The van der Waals surface area contributed by atoms with Gasteiger partial charge in [-0.25, -0.2) is 4.39 Å². The third-order valence-corrected chi connectivity index (χ3v) is 3.37. The minimum atomic E-state index is -0.771. The van der Waals surface area contributed by atoms with Crippen LogP contribution in [0.15, 0.2) is 48.5 Å². The molecule has 0 aliphatic rings. The molecule has 0 aliphatic carbocycles. The Morgan fingerprint density at radius 3 is 2.43 bits per heavy atom. The van der Waals surface area contributed by atoms with Gasteiger partial charge in [0.05, 0.1) is 18.4 Å². The molecule has 0 unspecified atom stereocenters. The maximum atomic E-state index is 14.3. The Labute approximate surface area is 124 Å². The third kappa shape index (κ3) is 3.80. The average Bonchev–Trinajstić information content (AvgIpc) is 2.47. The molecule has 1 atom stereocenters. The molecule has 0 heterocycles. The summed E-state index contributed by atoms with van der Waals surface area (Å²) in [5.41, 5.74) is 1.90. The van der Waals surface area contributed by atoms with Gasteiger partial charge in [0.1, 0.15) is 5.82 Å². The van der Waals surface area contributed by atoms with Crippen molar-refractivity contribution in [2.45, 2.75) is 19.6 Å².